The van der Waals surface area contributed by atoms with Gasteiger partial charge in [0.1, 0.15) is 29.1 Å². The fourth-order valence-electron chi connectivity index (χ4n) is 1.56. The highest BCUT2D eigenvalue weighted by molar-refractivity contribution is 5.87. The molecule has 1 aromatic carbocycles. The van der Waals surface area contributed by atoms with Crippen LogP contribution in [-0.4, -0.2) is 20.4 Å². The Morgan fingerprint density at radius 3 is 2.47 bits per heavy atom. The predicted molar refractivity (Wildman–Crippen MR) is 58.1 cm³/mol. The van der Waals surface area contributed by atoms with E-state index in [9.17, 15) is 20.1 Å². The van der Waals surface area contributed by atoms with E-state index < -0.39 is 23.5 Å². The maximum absolute atomic E-state index is 11.7. The van der Waals surface area contributed by atoms with Crippen molar-refractivity contribution < 1.29 is 24.8 Å². The monoisotopic (exact) mass is 238 g/mol. The number of phenols is 2. The van der Waals surface area contributed by atoms with Crippen LogP contribution in [0, 0.1) is 6.92 Å². The zero-order valence-electron chi connectivity index (χ0n) is 8.89. The van der Waals surface area contributed by atoms with Crippen LogP contribution in [0.25, 0.3) is 11.0 Å². The van der Waals surface area contributed by atoms with Gasteiger partial charge in [-0.25, -0.2) is 0 Å². The van der Waals surface area contributed by atoms with Gasteiger partial charge in [-0.05, 0) is 6.92 Å². The van der Waals surface area contributed by atoms with Gasteiger partial charge in [0.2, 0.25) is 11.2 Å². The van der Waals surface area contributed by atoms with E-state index in [0.29, 0.717) is 0 Å². The van der Waals surface area contributed by atoms with Crippen molar-refractivity contribution in [1.82, 2.24) is 0 Å². The quantitative estimate of drug-likeness (QED) is 0.582. The fourth-order valence-corrected chi connectivity index (χ4v) is 1.56. The maximum Gasteiger partial charge on any atom is 0.238 e. The lowest BCUT2D eigenvalue weighted by Gasteiger charge is -2.07. The van der Waals surface area contributed by atoms with Crippen LogP contribution in [0.15, 0.2) is 15.3 Å². The Morgan fingerprint density at radius 2 is 1.88 bits per heavy atom. The van der Waals surface area contributed by atoms with Crippen LogP contribution in [-0.2, 0) is 6.61 Å². The molecule has 0 bridgehead atoms. The second kappa shape index (κ2) is 3.67. The van der Waals surface area contributed by atoms with Crippen LogP contribution in [0.1, 0.15) is 11.3 Å². The van der Waals surface area contributed by atoms with Crippen molar-refractivity contribution in [2.75, 3.05) is 0 Å². The van der Waals surface area contributed by atoms with E-state index in [-0.39, 0.29) is 28.0 Å². The summed E-state index contributed by atoms with van der Waals surface area (Å²) in [6, 6.07) is 1.14. The Morgan fingerprint density at radius 1 is 1.24 bits per heavy atom. The summed E-state index contributed by atoms with van der Waals surface area (Å²) in [6.45, 7) is 0.757. The molecule has 0 aliphatic carbocycles. The van der Waals surface area contributed by atoms with Crippen LogP contribution >= 0.6 is 0 Å². The topological polar surface area (TPSA) is 111 Å². The lowest BCUT2D eigenvalue weighted by atomic mass is 10.1. The Kier molecular flexibility index (Phi) is 2.44. The molecule has 0 spiro atoms. The summed E-state index contributed by atoms with van der Waals surface area (Å²) in [7, 11) is 0. The maximum atomic E-state index is 11.7. The molecule has 1 heterocycles. The van der Waals surface area contributed by atoms with Gasteiger partial charge in [-0.1, -0.05) is 0 Å². The molecule has 6 heteroatoms. The van der Waals surface area contributed by atoms with E-state index >= 15 is 0 Å². The molecule has 0 atom stereocenters. The molecular formula is C11H10O6. The van der Waals surface area contributed by atoms with Crippen molar-refractivity contribution in [1.29, 1.82) is 0 Å². The van der Waals surface area contributed by atoms with Gasteiger partial charge in [0.05, 0.1) is 0 Å². The molecule has 0 saturated carbocycles. The molecule has 0 aliphatic rings. The van der Waals surface area contributed by atoms with Crippen molar-refractivity contribution in [2.24, 2.45) is 0 Å². The molecule has 0 aliphatic heterocycles. The lowest BCUT2D eigenvalue weighted by molar-refractivity contribution is 0.238. The first-order chi connectivity index (χ1) is 7.97. The average Bonchev–Trinajstić information content (AvgIpc) is 2.30. The molecule has 6 nitrogen and oxygen atoms in total. The van der Waals surface area contributed by atoms with E-state index in [2.05, 4.69) is 0 Å². The minimum absolute atomic E-state index is 0.0996. The normalized spacial score (nSPS) is 10.9. The zero-order chi connectivity index (χ0) is 12.7. The van der Waals surface area contributed by atoms with Crippen molar-refractivity contribution >= 4 is 11.0 Å². The SMILES string of the molecule is Cc1c(O)cc2oc(CO)c(O)c(=O)c2c1O. The van der Waals surface area contributed by atoms with E-state index in [4.69, 9.17) is 9.52 Å². The third-order valence-electron chi connectivity index (χ3n) is 2.57. The first-order valence-electron chi connectivity index (χ1n) is 4.78. The van der Waals surface area contributed by atoms with E-state index in [0.717, 1.165) is 6.07 Å². The van der Waals surface area contributed by atoms with Crippen molar-refractivity contribution in [3.8, 4) is 17.2 Å². The van der Waals surface area contributed by atoms with Gasteiger partial charge < -0.3 is 24.8 Å². The van der Waals surface area contributed by atoms with Gasteiger partial charge in [0, 0.05) is 11.6 Å². The molecule has 2 rings (SSSR count). The minimum atomic E-state index is -0.851. The molecule has 0 fully saturated rings. The number of benzene rings is 1. The second-order valence-electron chi connectivity index (χ2n) is 3.60. The second-order valence-corrected chi connectivity index (χ2v) is 3.60. The number of aliphatic hydroxyl groups is 1. The summed E-state index contributed by atoms with van der Waals surface area (Å²) in [5.41, 5.74) is -0.839. The van der Waals surface area contributed by atoms with Crippen LogP contribution < -0.4 is 5.43 Å². The molecule has 2 aromatic rings. The summed E-state index contributed by atoms with van der Waals surface area (Å²) in [6.07, 6.45) is 0. The Bertz CT molecular complexity index is 655. The summed E-state index contributed by atoms with van der Waals surface area (Å²) < 4.78 is 5.02. The largest absolute Gasteiger partial charge is 0.507 e. The van der Waals surface area contributed by atoms with Crippen LogP contribution in [0.4, 0.5) is 0 Å². The third-order valence-corrected chi connectivity index (χ3v) is 2.57. The van der Waals surface area contributed by atoms with Crippen molar-refractivity contribution in [3.05, 3.63) is 27.6 Å². The van der Waals surface area contributed by atoms with Gasteiger partial charge in [-0.15, -0.1) is 0 Å². The number of phenolic OH excluding ortho intramolecular Hbond substituents is 2. The molecular weight excluding hydrogens is 228 g/mol. The highest BCUT2D eigenvalue weighted by atomic mass is 16.4. The van der Waals surface area contributed by atoms with E-state index in [1.54, 1.807) is 0 Å². The standard InChI is InChI=1S/C11H10O6/c1-4-5(13)2-6-8(9(4)14)11(16)10(15)7(3-12)17-6/h2,12-15H,3H2,1H3. The summed E-state index contributed by atoms with van der Waals surface area (Å²) in [5.74, 6) is -1.76. The van der Waals surface area contributed by atoms with Crippen molar-refractivity contribution in [2.45, 2.75) is 13.5 Å². The minimum Gasteiger partial charge on any atom is -0.507 e. The molecule has 17 heavy (non-hydrogen) atoms. The number of hydrogen-bond donors (Lipinski definition) is 4. The van der Waals surface area contributed by atoms with Gasteiger partial charge in [0.15, 0.2) is 5.76 Å². The van der Waals surface area contributed by atoms with Gasteiger partial charge in [-0.3, -0.25) is 4.79 Å². The van der Waals surface area contributed by atoms with Crippen LogP contribution in [0.2, 0.25) is 0 Å². The number of aromatic hydroxyl groups is 3. The lowest BCUT2D eigenvalue weighted by Crippen LogP contribution is -2.05. The number of fused-ring (bicyclic) bond motifs is 1. The molecule has 0 unspecified atom stereocenters. The van der Waals surface area contributed by atoms with E-state index in [1.165, 1.54) is 6.92 Å². The smallest absolute Gasteiger partial charge is 0.238 e. The van der Waals surface area contributed by atoms with Gasteiger partial charge in [-0.2, -0.15) is 0 Å². The Balaban J connectivity index is 3.03. The molecule has 90 valence electrons. The van der Waals surface area contributed by atoms with Crippen LogP contribution in [0.3, 0.4) is 0 Å². The zero-order valence-corrected chi connectivity index (χ0v) is 8.89. The molecule has 4 N–H and O–H groups in total. The highest BCUT2D eigenvalue weighted by Gasteiger charge is 2.18. The number of aliphatic hydroxyl groups excluding tert-OH is 1. The van der Waals surface area contributed by atoms with Gasteiger partial charge in [0.25, 0.3) is 0 Å². The summed E-state index contributed by atoms with van der Waals surface area (Å²) in [5, 5.41) is 37.3. The van der Waals surface area contributed by atoms with Crippen LogP contribution in [0.5, 0.6) is 17.2 Å². The van der Waals surface area contributed by atoms with E-state index in [1.807, 2.05) is 0 Å². The predicted octanol–water partition coefficient (Wildman–Crippen LogP) is 0.711. The molecule has 0 amide bonds. The number of hydrogen-bond acceptors (Lipinski definition) is 6. The third kappa shape index (κ3) is 1.50. The summed E-state index contributed by atoms with van der Waals surface area (Å²) >= 11 is 0. The average molecular weight is 238 g/mol. The Hall–Kier alpha value is -2.21. The first-order valence-corrected chi connectivity index (χ1v) is 4.78. The Labute approximate surface area is 95.0 Å². The van der Waals surface area contributed by atoms with Crippen molar-refractivity contribution in [3.63, 3.8) is 0 Å². The summed E-state index contributed by atoms with van der Waals surface area (Å²) in [4.78, 5) is 11.7. The van der Waals surface area contributed by atoms with Gasteiger partial charge >= 0.3 is 0 Å². The number of rotatable bonds is 1. The fraction of sp³-hybridized carbons (Fsp3) is 0.182. The molecule has 0 saturated heterocycles. The molecule has 1 aromatic heterocycles. The first kappa shape index (κ1) is 11.3. The molecule has 0 radical (unpaired) electrons. The highest BCUT2D eigenvalue weighted by Crippen LogP contribution is 2.34.